The first kappa shape index (κ1) is 13.9. The molecular formula is C14H15ClFNO2. The number of benzene rings is 1. The minimum atomic E-state index is -0.483. The summed E-state index contributed by atoms with van der Waals surface area (Å²) in [5.41, 5.74) is 6.03. The predicted octanol–water partition coefficient (Wildman–Crippen LogP) is 3.93. The minimum absolute atomic E-state index is 0.0146. The molecule has 5 heteroatoms. The lowest BCUT2D eigenvalue weighted by Crippen LogP contribution is -2.31. The quantitative estimate of drug-likeness (QED) is 0.904. The monoisotopic (exact) mass is 283 g/mol. The Morgan fingerprint density at radius 2 is 2.21 bits per heavy atom. The van der Waals surface area contributed by atoms with E-state index in [1.165, 1.54) is 18.2 Å². The highest BCUT2D eigenvalue weighted by Crippen LogP contribution is 2.28. The zero-order chi connectivity index (χ0) is 13.8. The van der Waals surface area contributed by atoms with Crippen molar-refractivity contribution in [3.05, 3.63) is 53.2 Å². The standard InChI is InChI=1S/C14H15ClFNO2/c1-2-12(17)14(13-4-3-7-18-13)19-9-5-6-11(16)10(15)8-9/h3-8,12,14H,2,17H2,1H3. The van der Waals surface area contributed by atoms with Crippen LogP contribution in [-0.2, 0) is 0 Å². The van der Waals surface area contributed by atoms with Gasteiger partial charge in [0, 0.05) is 12.1 Å². The van der Waals surface area contributed by atoms with Crippen molar-refractivity contribution < 1.29 is 13.5 Å². The lowest BCUT2D eigenvalue weighted by atomic mass is 10.1. The average molecular weight is 284 g/mol. The van der Waals surface area contributed by atoms with E-state index in [-0.39, 0.29) is 11.1 Å². The molecule has 1 heterocycles. The summed E-state index contributed by atoms with van der Waals surface area (Å²) >= 11 is 5.73. The summed E-state index contributed by atoms with van der Waals surface area (Å²) in [6.45, 7) is 1.96. The number of halogens is 2. The Balaban J connectivity index is 2.23. The highest BCUT2D eigenvalue weighted by molar-refractivity contribution is 6.30. The van der Waals surface area contributed by atoms with Gasteiger partial charge in [-0.3, -0.25) is 0 Å². The number of rotatable bonds is 5. The number of furan rings is 1. The van der Waals surface area contributed by atoms with Crippen LogP contribution in [0.1, 0.15) is 25.2 Å². The molecule has 102 valence electrons. The molecular weight excluding hydrogens is 269 g/mol. The molecule has 0 aliphatic rings. The van der Waals surface area contributed by atoms with Gasteiger partial charge in [0.25, 0.3) is 0 Å². The summed E-state index contributed by atoms with van der Waals surface area (Å²) in [7, 11) is 0. The second-order valence-corrected chi connectivity index (χ2v) is 4.61. The molecule has 2 aromatic rings. The highest BCUT2D eigenvalue weighted by atomic mass is 35.5. The Morgan fingerprint density at radius 3 is 2.79 bits per heavy atom. The Morgan fingerprint density at radius 1 is 1.42 bits per heavy atom. The lowest BCUT2D eigenvalue weighted by Gasteiger charge is -2.22. The molecule has 2 atom stereocenters. The molecule has 0 saturated carbocycles. The van der Waals surface area contributed by atoms with Crippen molar-refractivity contribution in [1.29, 1.82) is 0 Å². The normalized spacial score (nSPS) is 14.1. The van der Waals surface area contributed by atoms with Gasteiger partial charge in [0.2, 0.25) is 0 Å². The van der Waals surface area contributed by atoms with Gasteiger partial charge < -0.3 is 14.9 Å². The van der Waals surface area contributed by atoms with Crippen LogP contribution >= 0.6 is 11.6 Å². The fourth-order valence-electron chi connectivity index (χ4n) is 1.72. The van der Waals surface area contributed by atoms with Gasteiger partial charge in [-0.15, -0.1) is 0 Å². The van der Waals surface area contributed by atoms with E-state index in [0.29, 0.717) is 11.5 Å². The van der Waals surface area contributed by atoms with Crippen LogP contribution in [0.3, 0.4) is 0 Å². The van der Waals surface area contributed by atoms with Gasteiger partial charge in [-0.05, 0) is 30.7 Å². The SMILES string of the molecule is CCC(N)C(Oc1ccc(F)c(Cl)c1)c1ccco1. The predicted molar refractivity (Wildman–Crippen MR) is 71.8 cm³/mol. The third kappa shape index (κ3) is 3.28. The minimum Gasteiger partial charge on any atom is -0.481 e. The van der Waals surface area contributed by atoms with Gasteiger partial charge in [0.15, 0.2) is 6.10 Å². The molecule has 0 saturated heterocycles. The summed E-state index contributed by atoms with van der Waals surface area (Å²) in [5, 5.41) is 0.0146. The molecule has 2 N–H and O–H groups in total. The molecule has 0 bridgehead atoms. The van der Waals surface area contributed by atoms with Crippen LogP contribution in [-0.4, -0.2) is 6.04 Å². The first-order chi connectivity index (χ1) is 9.11. The number of hydrogen-bond donors (Lipinski definition) is 1. The smallest absolute Gasteiger partial charge is 0.171 e. The van der Waals surface area contributed by atoms with Crippen LogP contribution in [0.2, 0.25) is 5.02 Å². The third-order valence-electron chi connectivity index (χ3n) is 2.84. The first-order valence-electron chi connectivity index (χ1n) is 6.02. The molecule has 0 aliphatic carbocycles. The van der Waals surface area contributed by atoms with Crippen LogP contribution in [0.15, 0.2) is 41.0 Å². The van der Waals surface area contributed by atoms with Crippen molar-refractivity contribution in [2.45, 2.75) is 25.5 Å². The second kappa shape index (κ2) is 6.08. The molecule has 2 unspecified atom stereocenters. The van der Waals surface area contributed by atoms with Gasteiger partial charge in [-0.2, -0.15) is 0 Å². The van der Waals surface area contributed by atoms with Crippen LogP contribution in [0.4, 0.5) is 4.39 Å². The molecule has 1 aromatic carbocycles. The second-order valence-electron chi connectivity index (χ2n) is 4.20. The Bertz CT molecular complexity index is 530. The lowest BCUT2D eigenvalue weighted by molar-refractivity contribution is 0.144. The van der Waals surface area contributed by atoms with Crippen molar-refractivity contribution in [1.82, 2.24) is 0 Å². The summed E-state index contributed by atoms with van der Waals surface area (Å²) in [4.78, 5) is 0. The van der Waals surface area contributed by atoms with Crippen molar-refractivity contribution in [3.63, 3.8) is 0 Å². The molecule has 2 rings (SSSR count). The van der Waals surface area contributed by atoms with Gasteiger partial charge in [-0.25, -0.2) is 4.39 Å². The maximum Gasteiger partial charge on any atom is 0.171 e. The van der Waals surface area contributed by atoms with Gasteiger partial charge >= 0.3 is 0 Å². The van der Waals surface area contributed by atoms with E-state index < -0.39 is 11.9 Å². The van der Waals surface area contributed by atoms with E-state index in [9.17, 15) is 4.39 Å². The Kier molecular flexibility index (Phi) is 4.45. The van der Waals surface area contributed by atoms with Crippen molar-refractivity contribution in [2.75, 3.05) is 0 Å². The number of nitrogens with two attached hydrogens (primary N) is 1. The molecule has 0 radical (unpaired) electrons. The zero-order valence-electron chi connectivity index (χ0n) is 10.5. The van der Waals surface area contributed by atoms with Crippen LogP contribution < -0.4 is 10.5 Å². The van der Waals surface area contributed by atoms with Crippen molar-refractivity contribution >= 4 is 11.6 Å². The fraction of sp³-hybridized carbons (Fsp3) is 0.286. The van der Waals surface area contributed by atoms with E-state index in [1.54, 1.807) is 18.4 Å². The summed E-state index contributed by atoms with van der Waals surface area (Å²) in [5.74, 6) is 0.606. The van der Waals surface area contributed by atoms with E-state index >= 15 is 0 Å². The van der Waals surface area contributed by atoms with Gasteiger partial charge in [0.1, 0.15) is 17.3 Å². The van der Waals surface area contributed by atoms with Crippen LogP contribution in [0, 0.1) is 5.82 Å². The molecule has 19 heavy (non-hydrogen) atoms. The first-order valence-corrected chi connectivity index (χ1v) is 6.40. The van der Waals surface area contributed by atoms with Crippen LogP contribution in [0.5, 0.6) is 5.75 Å². The molecule has 0 spiro atoms. The third-order valence-corrected chi connectivity index (χ3v) is 3.13. The molecule has 1 aromatic heterocycles. The van der Waals surface area contributed by atoms with E-state index in [4.69, 9.17) is 26.5 Å². The van der Waals surface area contributed by atoms with Crippen molar-refractivity contribution in [2.24, 2.45) is 5.73 Å². The summed E-state index contributed by atoms with van der Waals surface area (Å²) < 4.78 is 24.2. The summed E-state index contributed by atoms with van der Waals surface area (Å²) in [6.07, 6.45) is 1.85. The van der Waals surface area contributed by atoms with Crippen LogP contribution in [0.25, 0.3) is 0 Å². The summed E-state index contributed by atoms with van der Waals surface area (Å²) in [6, 6.07) is 7.54. The van der Waals surface area contributed by atoms with E-state index in [0.717, 1.165) is 6.42 Å². The largest absolute Gasteiger partial charge is 0.481 e. The average Bonchev–Trinajstić information content (AvgIpc) is 2.93. The molecule has 0 aliphatic heterocycles. The van der Waals surface area contributed by atoms with Gasteiger partial charge in [-0.1, -0.05) is 18.5 Å². The number of hydrogen-bond acceptors (Lipinski definition) is 3. The highest BCUT2D eigenvalue weighted by Gasteiger charge is 2.23. The molecule has 0 amide bonds. The van der Waals surface area contributed by atoms with Gasteiger partial charge in [0.05, 0.1) is 11.3 Å². The Hall–Kier alpha value is -1.52. The fourth-order valence-corrected chi connectivity index (χ4v) is 1.89. The zero-order valence-corrected chi connectivity index (χ0v) is 11.2. The molecule has 0 fully saturated rings. The van der Waals surface area contributed by atoms with E-state index in [2.05, 4.69) is 0 Å². The maximum atomic E-state index is 13.1. The van der Waals surface area contributed by atoms with E-state index in [1.807, 2.05) is 6.92 Å². The maximum absolute atomic E-state index is 13.1. The van der Waals surface area contributed by atoms with Crippen molar-refractivity contribution in [3.8, 4) is 5.75 Å². The Labute approximate surface area is 116 Å². The topological polar surface area (TPSA) is 48.4 Å². The molecule has 3 nitrogen and oxygen atoms in total. The number of ether oxygens (including phenoxy) is 1.